The maximum Gasteiger partial charge on any atom is 0.322 e. The van der Waals surface area contributed by atoms with Crippen LogP contribution in [0.2, 0.25) is 0 Å². The zero-order chi connectivity index (χ0) is 13.7. The monoisotopic (exact) mass is 261 g/mol. The van der Waals surface area contributed by atoms with E-state index in [0.29, 0.717) is 12.6 Å². The summed E-state index contributed by atoms with van der Waals surface area (Å²) in [5.41, 5.74) is 7.47. The normalized spacial score (nSPS) is 14.2. The Morgan fingerprint density at radius 3 is 2.89 bits per heavy atom. The largest absolute Gasteiger partial charge is 0.326 e. The summed E-state index contributed by atoms with van der Waals surface area (Å²) in [6, 6.07) is 8.19. The third-order valence-electron chi connectivity index (χ3n) is 3.42. The van der Waals surface area contributed by atoms with E-state index in [-0.39, 0.29) is 6.03 Å². The molecule has 1 saturated carbocycles. The molecule has 1 fully saturated rings. The molecule has 0 heterocycles. The second kappa shape index (κ2) is 6.57. The molecule has 1 aliphatic carbocycles. The highest BCUT2D eigenvalue weighted by atomic mass is 16.2. The molecule has 1 aromatic rings. The average Bonchev–Trinajstić information content (AvgIpc) is 3.24. The van der Waals surface area contributed by atoms with Crippen molar-refractivity contribution in [2.45, 2.75) is 45.2 Å². The lowest BCUT2D eigenvalue weighted by Crippen LogP contribution is -2.37. The molecule has 0 spiro atoms. The number of unbranched alkanes of at least 4 members (excludes halogenated alkanes) is 1. The summed E-state index contributed by atoms with van der Waals surface area (Å²) < 4.78 is 0. The van der Waals surface area contributed by atoms with Gasteiger partial charge in [-0.1, -0.05) is 25.5 Å². The van der Waals surface area contributed by atoms with Crippen LogP contribution in [-0.4, -0.2) is 23.5 Å². The number of hydrogen-bond acceptors (Lipinski definition) is 2. The lowest BCUT2D eigenvalue weighted by molar-refractivity contribution is 0.208. The lowest BCUT2D eigenvalue weighted by Gasteiger charge is -2.22. The van der Waals surface area contributed by atoms with E-state index in [0.717, 1.165) is 43.5 Å². The fraction of sp³-hybridized carbons (Fsp3) is 0.533. The molecule has 0 saturated heterocycles. The summed E-state index contributed by atoms with van der Waals surface area (Å²) in [7, 11) is 0. The number of carbonyl (C=O) groups is 1. The first kappa shape index (κ1) is 13.9. The van der Waals surface area contributed by atoms with Crippen LogP contribution in [-0.2, 0) is 6.54 Å². The predicted molar refractivity (Wildman–Crippen MR) is 78.0 cm³/mol. The van der Waals surface area contributed by atoms with E-state index in [1.807, 2.05) is 29.2 Å². The third kappa shape index (κ3) is 3.96. The molecule has 0 aliphatic heterocycles. The van der Waals surface area contributed by atoms with Gasteiger partial charge in [0.15, 0.2) is 0 Å². The van der Waals surface area contributed by atoms with Crippen LogP contribution >= 0.6 is 0 Å². The summed E-state index contributed by atoms with van der Waals surface area (Å²) in [4.78, 5) is 14.3. The lowest BCUT2D eigenvalue weighted by atomic mass is 10.2. The van der Waals surface area contributed by atoms with Gasteiger partial charge >= 0.3 is 6.03 Å². The Labute approximate surface area is 115 Å². The van der Waals surface area contributed by atoms with E-state index in [2.05, 4.69) is 12.2 Å². The molecule has 4 nitrogen and oxygen atoms in total. The highest BCUT2D eigenvalue weighted by molar-refractivity contribution is 5.89. The first-order chi connectivity index (χ1) is 9.24. The highest BCUT2D eigenvalue weighted by Gasteiger charge is 2.32. The first-order valence-corrected chi connectivity index (χ1v) is 7.11. The summed E-state index contributed by atoms with van der Waals surface area (Å²) in [6.45, 7) is 3.49. The number of nitrogens with zero attached hydrogens (tertiary/aromatic N) is 1. The number of amides is 2. The summed E-state index contributed by atoms with van der Waals surface area (Å²) in [5.74, 6) is 0. The zero-order valence-electron chi connectivity index (χ0n) is 11.6. The summed E-state index contributed by atoms with van der Waals surface area (Å²) in [6.07, 6.45) is 4.45. The number of anilines is 1. The van der Waals surface area contributed by atoms with Crippen LogP contribution in [0, 0.1) is 0 Å². The van der Waals surface area contributed by atoms with E-state index in [1.165, 1.54) is 0 Å². The van der Waals surface area contributed by atoms with Gasteiger partial charge in [0, 0.05) is 24.8 Å². The van der Waals surface area contributed by atoms with Crippen LogP contribution in [0.5, 0.6) is 0 Å². The van der Waals surface area contributed by atoms with Crippen LogP contribution in [0.3, 0.4) is 0 Å². The maximum absolute atomic E-state index is 12.3. The molecule has 2 rings (SSSR count). The molecule has 1 aliphatic rings. The van der Waals surface area contributed by atoms with E-state index in [4.69, 9.17) is 5.73 Å². The van der Waals surface area contributed by atoms with E-state index >= 15 is 0 Å². The van der Waals surface area contributed by atoms with Crippen LogP contribution in [0.4, 0.5) is 10.5 Å². The van der Waals surface area contributed by atoms with Gasteiger partial charge in [-0.2, -0.15) is 0 Å². The van der Waals surface area contributed by atoms with E-state index < -0.39 is 0 Å². The second-order valence-corrected chi connectivity index (χ2v) is 5.11. The molecular formula is C15H23N3O. The van der Waals surface area contributed by atoms with E-state index in [9.17, 15) is 4.79 Å². The van der Waals surface area contributed by atoms with Crippen LogP contribution in [0.15, 0.2) is 24.3 Å². The topological polar surface area (TPSA) is 58.4 Å². The second-order valence-electron chi connectivity index (χ2n) is 5.11. The van der Waals surface area contributed by atoms with Gasteiger partial charge in [-0.3, -0.25) is 0 Å². The average molecular weight is 261 g/mol. The van der Waals surface area contributed by atoms with Crippen molar-refractivity contribution in [3.8, 4) is 0 Å². The van der Waals surface area contributed by atoms with Crippen molar-refractivity contribution in [2.75, 3.05) is 11.9 Å². The van der Waals surface area contributed by atoms with Crippen LogP contribution in [0.1, 0.15) is 38.2 Å². The van der Waals surface area contributed by atoms with Crippen molar-refractivity contribution in [1.29, 1.82) is 0 Å². The molecule has 19 heavy (non-hydrogen) atoms. The Kier molecular flexibility index (Phi) is 4.80. The summed E-state index contributed by atoms with van der Waals surface area (Å²) >= 11 is 0. The number of carbonyl (C=O) groups excluding carboxylic acids is 1. The number of benzene rings is 1. The van der Waals surface area contributed by atoms with Crippen molar-refractivity contribution in [3.63, 3.8) is 0 Å². The molecule has 1 aromatic carbocycles. The van der Waals surface area contributed by atoms with Gasteiger partial charge < -0.3 is 16.0 Å². The van der Waals surface area contributed by atoms with Crippen LogP contribution in [0.25, 0.3) is 0 Å². The summed E-state index contributed by atoms with van der Waals surface area (Å²) in [5, 5.41) is 2.98. The molecule has 0 unspecified atom stereocenters. The number of rotatable bonds is 6. The molecule has 0 atom stereocenters. The van der Waals surface area contributed by atoms with Gasteiger partial charge in [-0.25, -0.2) is 4.79 Å². The molecule has 104 valence electrons. The molecule has 2 amide bonds. The highest BCUT2D eigenvalue weighted by Crippen LogP contribution is 2.27. The number of hydrogen-bond donors (Lipinski definition) is 2. The Morgan fingerprint density at radius 1 is 1.47 bits per heavy atom. The Morgan fingerprint density at radius 2 is 2.26 bits per heavy atom. The van der Waals surface area contributed by atoms with Gasteiger partial charge in [0.1, 0.15) is 0 Å². The quantitative estimate of drug-likeness (QED) is 0.827. The van der Waals surface area contributed by atoms with Gasteiger partial charge in [-0.15, -0.1) is 0 Å². The Balaban J connectivity index is 1.97. The van der Waals surface area contributed by atoms with Gasteiger partial charge in [0.2, 0.25) is 0 Å². The van der Waals surface area contributed by atoms with E-state index in [1.54, 1.807) is 0 Å². The molecular weight excluding hydrogens is 238 g/mol. The maximum atomic E-state index is 12.3. The molecule has 0 aromatic heterocycles. The number of urea groups is 1. The van der Waals surface area contributed by atoms with Crippen LogP contribution < -0.4 is 11.1 Å². The Hall–Kier alpha value is -1.55. The van der Waals surface area contributed by atoms with Crippen molar-refractivity contribution in [1.82, 2.24) is 4.90 Å². The molecule has 3 N–H and O–H groups in total. The van der Waals surface area contributed by atoms with Crippen molar-refractivity contribution in [3.05, 3.63) is 29.8 Å². The van der Waals surface area contributed by atoms with Crippen molar-refractivity contribution in [2.24, 2.45) is 5.73 Å². The first-order valence-electron chi connectivity index (χ1n) is 7.11. The third-order valence-corrected chi connectivity index (χ3v) is 3.42. The Bertz CT molecular complexity index is 429. The van der Waals surface area contributed by atoms with Crippen molar-refractivity contribution >= 4 is 11.7 Å². The van der Waals surface area contributed by atoms with Gasteiger partial charge in [0.05, 0.1) is 0 Å². The smallest absolute Gasteiger partial charge is 0.322 e. The minimum Gasteiger partial charge on any atom is -0.326 e. The molecule has 0 bridgehead atoms. The number of nitrogens with two attached hydrogens (primary N) is 1. The minimum atomic E-state index is 0.0186. The SMILES string of the molecule is CCCCN(C(=O)Nc1cccc(CN)c1)C1CC1. The van der Waals surface area contributed by atoms with Gasteiger partial charge in [0.25, 0.3) is 0 Å². The molecule has 4 heteroatoms. The predicted octanol–water partition coefficient (Wildman–Crippen LogP) is 2.94. The fourth-order valence-electron chi connectivity index (χ4n) is 2.14. The minimum absolute atomic E-state index is 0.0186. The number of nitrogens with one attached hydrogen (secondary N) is 1. The van der Waals surface area contributed by atoms with Gasteiger partial charge in [-0.05, 0) is 37.0 Å². The van der Waals surface area contributed by atoms with Crippen molar-refractivity contribution < 1.29 is 4.79 Å². The molecule has 0 radical (unpaired) electrons. The zero-order valence-corrected chi connectivity index (χ0v) is 11.6. The standard InChI is InChI=1S/C15H23N3O/c1-2-3-9-18(14-7-8-14)15(19)17-13-6-4-5-12(10-13)11-16/h4-6,10,14H,2-3,7-9,11,16H2,1H3,(H,17,19). The fourth-order valence-corrected chi connectivity index (χ4v) is 2.14.